The molecule has 0 heterocycles. The summed E-state index contributed by atoms with van der Waals surface area (Å²) in [6.07, 6.45) is 5.21. The minimum absolute atomic E-state index is 0.128. The summed E-state index contributed by atoms with van der Waals surface area (Å²) in [5.74, 6) is -1.24. The van der Waals surface area contributed by atoms with Crippen LogP contribution in [0.2, 0.25) is 0 Å². The number of benzene rings is 1. The second-order valence-corrected chi connectivity index (χ2v) is 5.71. The van der Waals surface area contributed by atoms with Gasteiger partial charge in [0, 0.05) is 11.6 Å². The van der Waals surface area contributed by atoms with Gasteiger partial charge in [0.2, 0.25) is 0 Å². The van der Waals surface area contributed by atoms with Gasteiger partial charge in [0.05, 0.1) is 4.92 Å². The van der Waals surface area contributed by atoms with Crippen molar-refractivity contribution in [1.29, 1.82) is 0 Å². The number of nitro groups is 1. The molecule has 0 atom stereocenters. The van der Waals surface area contributed by atoms with Crippen molar-refractivity contribution < 1.29 is 19.2 Å². The van der Waals surface area contributed by atoms with Crippen molar-refractivity contribution in [3.63, 3.8) is 0 Å². The van der Waals surface area contributed by atoms with E-state index in [4.69, 9.17) is 4.74 Å². The molecule has 7 nitrogen and oxygen atoms in total. The number of hydrogen-bond donors (Lipinski definition) is 1. The second-order valence-electron chi connectivity index (χ2n) is 5.71. The van der Waals surface area contributed by atoms with Gasteiger partial charge >= 0.3 is 5.97 Å². The molecule has 7 heteroatoms. The van der Waals surface area contributed by atoms with Crippen LogP contribution in [0.5, 0.6) is 0 Å². The predicted molar refractivity (Wildman–Crippen MR) is 83.1 cm³/mol. The molecule has 124 valence electrons. The fourth-order valence-electron chi connectivity index (χ4n) is 2.79. The minimum atomic E-state index is -0.862. The highest BCUT2D eigenvalue weighted by Gasteiger charge is 2.24. The average molecular weight is 320 g/mol. The van der Waals surface area contributed by atoms with Crippen LogP contribution in [0.4, 0.5) is 5.69 Å². The molecule has 0 spiro atoms. The molecule has 23 heavy (non-hydrogen) atoms. The van der Waals surface area contributed by atoms with Gasteiger partial charge in [-0.15, -0.1) is 0 Å². The zero-order valence-corrected chi connectivity index (χ0v) is 13.0. The summed E-state index contributed by atoms with van der Waals surface area (Å²) in [6.45, 7) is 1.12. The average Bonchev–Trinajstić information content (AvgIpc) is 2.53. The Kier molecular flexibility index (Phi) is 5.67. The normalized spacial score (nSPS) is 15.0. The van der Waals surface area contributed by atoms with E-state index in [9.17, 15) is 19.7 Å². The molecule has 1 fully saturated rings. The number of para-hydroxylation sites is 1. The van der Waals surface area contributed by atoms with E-state index in [-0.39, 0.29) is 23.2 Å². The van der Waals surface area contributed by atoms with Gasteiger partial charge in [-0.2, -0.15) is 0 Å². The summed E-state index contributed by atoms with van der Waals surface area (Å²) in [5, 5.41) is 13.9. The number of rotatable bonds is 5. The molecule has 1 saturated carbocycles. The minimum Gasteiger partial charge on any atom is -0.452 e. The topological polar surface area (TPSA) is 98.5 Å². The quantitative estimate of drug-likeness (QED) is 0.510. The molecule has 0 unspecified atom stereocenters. The number of nitrogens with zero attached hydrogens (tertiary/aromatic N) is 1. The monoisotopic (exact) mass is 320 g/mol. The standard InChI is InChI=1S/C16H20N2O5/c1-11-6-5-9-13(15(11)18(21)22)16(20)23-10-14(19)17-12-7-3-2-4-8-12/h5-6,9,12H,2-4,7-8,10H2,1H3,(H,17,19). The lowest BCUT2D eigenvalue weighted by Crippen LogP contribution is -2.38. The maximum Gasteiger partial charge on any atom is 0.345 e. The van der Waals surface area contributed by atoms with Crippen LogP contribution in [0.15, 0.2) is 18.2 Å². The first-order valence-electron chi connectivity index (χ1n) is 7.69. The van der Waals surface area contributed by atoms with Crippen LogP contribution >= 0.6 is 0 Å². The van der Waals surface area contributed by atoms with E-state index in [1.165, 1.54) is 12.5 Å². The van der Waals surface area contributed by atoms with Gasteiger partial charge in [0.25, 0.3) is 11.6 Å². The maximum atomic E-state index is 12.0. The molecule has 2 rings (SSSR count). The van der Waals surface area contributed by atoms with Gasteiger partial charge in [-0.05, 0) is 25.8 Å². The molecule has 0 saturated heterocycles. The number of esters is 1. The Balaban J connectivity index is 1.93. The Hall–Kier alpha value is -2.44. The lowest BCUT2D eigenvalue weighted by molar-refractivity contribution is -0.385. The fourth-order valence-corrected chi connectivity index (χ4v) is 2.79. The largest absolute Gasteiger partial charge is 0.452 e. The van der Waals surface area contributed by atoms with E-state index >= 15 is 0 Å². The molecule has 0 bridgehead atoms. The molecule has 1 aliphatic rings. The van der Waals surface area contributed by atoms with Crippen LogP contribution in [0.1, 0.15) is 48.0 Å². The Bertz CT molecular complexity index is 608. The third-order valence-corrected chi connectivity index (χ3v) is 3.94. The van der Waals surface area contributed by atoms with Crippen molar-refractivity contribution in [2.45, 2.75) is 45.1 Å². The zero-order valence-electron chi connectivity index (χ0n) is 13.0. The predicted octanol–water partition coefficient (Wildman–Crippen LogP) is 2.51. The number of amides is 1. The van der Waals surface area contributed by atoms with Crippen LogP contribution in [0.3, 0.4) is 0 Å². The van der Waals surface area contributed by atoms with Gasteiger partial charge in [0.1, 0.15) is 5.56 Å². The van der Waals surface area contributed by atoms with Crippen LogP contribution in [0, 0.1) is 17.0 Å². The third kappa shape index (κ3) is 4.51. The highest BCUT2D eigenvalue weighted by Crippen LogP contribution is 2.23. The van der Waals surface area contributed by atoms with Gasteiger partial charge in [0.15, 0.2) is 6.61 Å². The van der Waals surface area contributed by atoms with Gasteiger partial charge < -0.3 is 10.1 Å². The molecule has 1 N–H and O–H groups in total. The van der Waals surface area contributed by atoms with Crippen LogP contribution < -0.4 is 5.32 Å². The molecular formula is C16H20N2O5. The van der Waals surface area contributed by atoms with Gasteiger partial charge in [-0.1, -0.05) is 31.4 Å². The number of aryl methyl sites for hydroxylation is 1. The summed E-state index contributed by atoms with van der Waals surface area (Å²) >= 11 is 0. The molecule has 0 aromatic heterocycles. The van der Waals surface area contributed by atoms with Crippen molar-refractivity contribution in [1.82, 2.24) is 5.32 Å². The lowest BCUT2D eigenvalue weighted by Gasteiger charge is -2.22. The second kappa shape index (κ2) is 7.71. The van der Waals surface area contributed by atoms with Crippen molar-refractivity contribution in [2.24, 2.45) is 0 Å². The number of ether oxygens (including phenoxy) is 1. The highest BCUT2D eigenvalue weighted by atomic mass is 16.6. The SMILES string of the molecule is Cc1cccc(C(=O)OCC(=O)NC2CCCCC2)c1[N+](=O)[O-]. The zero-order chi connectivity index (χ0) is 16.8. The molecule has 1 aromatic rings. The van der Waals surface area contributed by atoms with E-state index in [2.05, 4.69) is 5.32 Å². The summed E-state index contributed by atoms with van der Waals surface area (Å²) < 4.78 is 4.92. The summed E-state index contributed by atoms with van der Waals surface area (Å²) in [7, 11) is 0. The van der Waals surface area contributed by atoms with E-state index in [1.54, 1.807) is 19.1 Å². The first-order valence-corrected chi connectivity index (χ1v) is 7.69. The molecule has 0 aliphatic heterocycles. The molecule has 0 radical (unpaired) electrons. The first-order chi connectivity index (χ1) is 11.0. The Morgan fingerprint density at radius 3 is 2.65 bits per heavy atom. The van der Waals surface area contributed by atoms with E-state index in [1.807, 2.05) is 0 Å². The van der Waals surface area contributed by atoms with Gasteiger partial charge in [-0.25, -0.2) is 4.79 Å². The summed E-state index contributed by atoms with van der Waals surface area (Å²) in [5.41, 5.74) is -0.0539. The summed E-state index contributed by atoms with van der Waals surface area (Å²) in [4.78, 5) is 34.3. The van der Waals surface area contributed by atoms with E-state index in [0.717, 1.165) is 25.7 Å². The van der Waals surface area contributed by atoms with Crippen molar-refractivity contribution >= 4 is 17.6 Å². The van der Waals surface area contributed by atoms with Crippen LogP contribution in [-0.4, -0.2) is 29.4 Å². The lowest BCUT2D eigenvalue weighted by atomic mass is 9.95. The Labute approximate surface area is 134 Å². The van der Waals surface area contributed by atoms with Crippen molar-refractivity contribution in [3.8, 4) is 0 Å². The number of nitrogens with one attached hydrogen (secondary N) is 1. The maximum absolute atomic E-state index is 12.0. The van der Waals surface area contributed by atoms with Crippen molar-refractivity contribution in [3.05, 3.63) is 39.4 Å². The molecular weight excluding hydrogens is 300 g/mol. The van der Waals surface area contributed by atoms with E-state index in [0.29, 0.717) is 5.56 Å². The highest BCUT2D eigenvalue weighted by molar-refractivity contribution is 5.95. The molecule has 1 aliphatic carbocycles. The fraction of sp³-hybridized carbons (Fsp3) is 0.500. The molecule has 1 aromatic carbocycles. The number of carbonyl (C=O) groups is 2. The number of hydrogen-bond acceptors (Lipinski definition) is 5. The Morgan fingerprint density at radius 2 is 2.00 bits per heavy atom. The molecule has 1 amide bonds. The van der Waals surface area contributed by atoms with E-state index < -0.39 is 17.5 Å². The van der Waals surface area contributed by atoms with Crippen LogP contribution in [-0.2, 0) is 9.53 Å². The third-order valence-electron chi connectivity index (χ3n) is 3.94. The summed E-state index contributed by atoms with van der Waals surface area (Å²) in [6, 6.07) is 4.54. The van der Waals surface area contributed by atoms with Gasteiger partial charge in [-0.3, -0.25) is 14.9 Å². The van der Waals surface area contributed by atoms with Crippen LogP contribution in [0.25, 0.3) is 0 Å². The number of carbonyl (C=O) groups excluding carboxylic acids is 2. The number of nitro benzene ring substituents is 1. The first kappa shape index (κ1) is 16.9. The smallest absolute Gasteiger partial charge is 0.345 e. The Morgan fingerprint density at radius 1 is 1.30 bits per heavy atom. The van der Waals surface area contributed by atoms with Crippen molar-refractivity contribution in [2.75, 3.05) is 6.61 Å².